The topological polar surface area (TPSA) is 115 Å². The highest BCUT2D eigenvalue weighted by atomic mass is 16.9. The van der Waals surface area contributed by atoms with Crippen molar-refractivity contribution in [1.29, 1.82) is 0 Å². The fourth-order valence-corrected chi connectivity index (χ4v) is 4.59. The van der Waals surface area contributed by atoms with Crippen LogP contribution in [0.15, 0.2) is 84.9 Å². The van der Waals surface area contributed by atoms with Gasteiger partial charge in [0.1, 0.15) is 12.2 Å². The van der Waals surface area contributed by atoms with Crippen molar-refractivity contribution in [2.24, 2.45) is 0 Å². The Balaban J connectivity index is 1.48. The highest BCUT2D eigenvalue weighted by Crippen LogP contribution is 2.51. The zero-order valence-corrected chi connectivity index (χ0v) is 17.4. The van der Waals surface area contributed by atoms with Gasteiger partial charge in [-0.1, -0.05) is 84.9 Å². The van der Waals surface area contributed by atoms with Crippen LogP contribution in [0, 0.1) is 0 Å². The third kappa shape index (κ3) is 3.60. The van der Waals surface area contributed by atoms with E-state index in [1.54, 1.807) is 0 Å². The van der Waals surface area contributed by atoms with Gasteiger partial charge in [0.2, 0.25) is 0 Å². The summed E-state index contributed by atoms with van der Waals surface area (Å²) in [5.74, 6) is -4.68. The molecule has 0 amide bonds. The molecule has 2 heterocycles. The van der Waals surface area contributed by atoms with Crippen molar-refractivity contribution in [3.63, 3.8) is 0 Å². The van der Waals surface area contributed by atoms with Crippen LogP contribution in [0.1, 0.15) is 23.3 Å². The lowest BCUT2D eigenvalue weighted by Crippen LogP contribution is -2.27. The molecule has 0 spiro atoms. The molecule has 7 nitrogen and oxygen atoms in total. The Kier molecular flexibility index (Phi) is 4.59. The van der Waals surface area contributed by atoms with Crippen molar-refractivity contribution in [2.75, 3.05) is 0 Å². The predicted molar refractivity (Wildman–Crippen MR) is 119 cm³/mol. The second-order valence-electron chi connectivity index (χ2n) is 8.51. The fraction of sp³-hybridized carbons (Fsp3) is 0.231. The van der Waals surface area contributed by atoms with Gasteiger partial charge in [-0.2, -0.15) is 0 Å². The Morgan fingerprint density at radius 1 is 0.576 bits per heavy atom. The lowest BCUT2D eigenvalue weighted by molar-refractivity contribution is -0.154. The molecule has 7 heteroatoms. The maximum absolute atomic E-state index is 10.1. The monoisotopic (exact) mass is 446 g/mol. The molecule has 6 rings (SSSR count). The van der Waals surface area contributed by atoms with Gasteiger partial charge >= 0.3 is 11.9 Å². The molecule has 0 aromatic heterocycles. The molecule has 0 bridgehead atoms. The number of hydrogen-bond acceptors (Lipinski definition) is 7. The lowest BCUT2D eigenvalue weighted by Gasteiger charge is -2.26. The normalized spacial score (nSPS) is 24.5. The Labute approximate surface area is 189 Å². The molecule has 33 heavy (non-hydrogen) atoms. The SMILES string of the molecule is OC1(O)OC1C(OC(c1cccc2ccccc12)C1OC1(O)O)c1cccc2ccccc12. The van der Waals surface area contributed by atoms with Crippen LogP contribution < -0.4 is 0 Å². The van der Waals surface area contributed by atoms with Crippen molar-refractivity contribution in [3.8, 4) is 0 Å². The maximum Gasteiger partial charge on any atom is 0.309 e. The van der Waals surface area contributed by atoms with E-state index in [9.17, 15) is 20.4 Å². The Morgan fingerprint density at radius 3 is 1.33 bits per heavy atom. The molecular weight excluding hydrogens is 424 g/mol. The van der Waals surface area contributed by atoms with E-state index < -0.39 is 36.4 Å². The molecule has 4 unspecified atom stereocenters. The molecule has 0 aliphatic carbocycles. The van der Waals surface area contributed by atoms with E-state index in [4.69, 9.17) is 14.2 Å². The van der Waals surface area contributed by atoms with E-state index in [2.05, 4.69) is 0 Å². The summed E-state index contributed by atoms with van der Waals surface area (Å²) in [7, 11) is 0. The minimum absolute atomic E-state index is 0.690. The number of aliphatic hydroxyl groups is 4. The van der Waals surface area contributed by atoms with Crippen molar-refractivity contribution in [3.05, 3.63) is 96.1 Å². The van der Waals surface area contributed by atoms with E-state index in [1.807, 2.05) is 84.9 Å². The van der Waals surface area contributed by atoms with E-state index in [-0.39, 0.29) is 0 Å². The Morgan fingerprint density at radius 2 is 0.939 bits per heavy atom. The van der Waals surface area contributed by atoms with Crippen LogP contribution in [-0.2, 0) is 14.2 Å². The van der Waals surface area contributed by atoms with Gasteiger partial charge in [-0.3, -0.25) is 0 Å². The summed E-state index contributed by atoms with van der Waals surface area (Å²) in [6.45, 7) is 0. The van der Waals surface area contributed by atoms with Crippen molar-refractivity contribution >= 4 is 21.5 Å². The van der Waals surface area contributed by atoms with Gasteiger partial charge in [0.25, 0.3) is 0 Å². The first-order valence-corrected chi connectivity index (χ1v) is 10.7. The highest BCUT2D eigenvalue weighted by Gasteiger charge is 2.64. The van der Waals surface area contributed by atoms with E-state index >= 15 is 0 Å². The average molecular weight is 446 g/mol. The van der Waals surface area contributed by atoms with Gasteiger partial charge in [-0.05, 0) is 32.7 Å². The first-order chi connectivity index (χ1) is 15.9. The predicted octanol–water partition coefficient (Wildman–Crippen LogP) is 2.87. The molecule has 0 radical (unpaired) electrons. The molecule has 2 fully saturated rings. The fourth-order valence-electron chi connectivity index (χ4n) is 4.59. The highest BCUT2D eigenvalue weighted by molar-refractivity contribution is 5.87. The van der Waals surface area contributed by atoms with E-state index in [1.165, 1.54) is 0 Å². The summed E-state index contributed by atoms with van der Waals surface area (Å²) < 4.78 is 16.8. The quantitative estimate of drug-likeness (QED) is 0.266. The summed E-state index contributed by atoms with van der Waals surface area (Å²) in [6, 6.07) is 26.6. The third-order valence-electron chi connectivity index (χ3n) is 6.33. The second-order valence-corrected chi connectivity index (χ2v) is 8.51. The first kappa shape index (κ1) is 20.7. The Hall–Kier alpha value is -2.88. The summed E-state index contributed by atoms with van der Waals surface area (Å²) in [5.41, 5.74) is 1.38. The molecule has 2 aliphatic rings. The van der Waals surface area contributed by atoms with Crippen LogP contribution in [-0.4, -0.2) is 44.6 Å². The zero-order chi connectivity index (χ0) is 22.8. The van der Waals surface area contributed by atoms with Gasteiger partial charge in [0.05, 0.1) is 0 Å². The summed E-state index contributed by atoms with van der Waals surface area (Å²) in [4.78, 5) is 0. The number of rotatable bonds is 6. The molecule has 2 saturated heterocycles. The van der Waals surface area contributed by atoms with Crippen LogP contribution >= 0.6 is 0 Å². The lowest BCUT2D eigenvalue weighted by atomic mass is 9.95. The molecule has 168 valence electrons. The van der Waals surface area contributed by atoms with Crippen LogP contribution in [0.2, 0.25) is 0 Å². The molecule has 4 N–H and O–H groups in total. The van der Waals surface area contributed by atoms with Crippen LogP contribution in [0.4, 0.5) is 0 Å². The van der Waals surface area contributed by atoms with Gasteiger partial charge < -0.3 is 34.6 Å². The number of epoxide rings is 2. The smallest absolute Gasteiger partial charge is 0.309 e. The number of hydrogen-bond donors (Lipinski definition) is 4. The molecule has 0 saturated carbocycles. The molecule has 4 aromatic carbocycles. The van der Waals surface area contributed by atoms with Gasteiger partial charge in [0.15, 0.2) is 12.2 Å². The molecule has 4 atom stereocenters. The van der Waals surface area contributed by atoms with Crippen LogP contribution in [0.5, 0.6) is 0 Å². The number of ether oxygens (including phenoxy) is 3. The molecule has 4 aromatic rings. The molecule has 2 aliphatic heterocycles. The maximum atomic E-state index is 10.1. The van der Waals surface area contributed by atoms with Crippen molar-refractivity contribution in [2.45, 2.75) is 36.4 Å². The molecular formula is C26H22O7. The third-order valence-corrected chi connectivity index (χ3v) is 6.33. The minimum Gasteiger partial charge on any atom is -0.359 e. The van der Waals surface area contributed by atoms with Gasteiger partial charge in [-0.15, -0.1) is 0 Å². The van der Waals surface area contributed by atoms with Gasteiger partial charge in [0, 0.05) is 0 Å². The Bertz CT molecular complexity index is 1240. The van der Waals surface area contributed by atoms with Crippen LogP contribution in [0.3, 0.4) is 0 Å². The van der Waals surface area contributed by atoms with Crippen molar-refractivity contribution in [1.82, 2.24) is 0 Å². The standard InChI is InChI=1S/C26H22O7/c27-25(28)23(32-25)21(19-13-5-9-15-7-1-3-11-17(15)19)31-22(24-26(29,30)33-24)20-14-6-10-16-8-2-4-12-18(16)20/h1-14,21-24,27-30H. The van der Waals surface area contributed by atoms with Crippen LogP contribution in [0.25, 0.3) is 21.5 Å². The van der Waals surface area contributed by atoms with Crippen molar-refractivity contribution < 1.29 is 34.6 Å². The zero-order valence-electron chi connectivity index (χ0n) is 17.4. The number of benzene rings is 4. The largest absolute Gasteiger partial charge is 0.359 e. The van der Waals surface area contributed by atoms with E-state index in [0.717, 1.165) is 21.5 Å². The minimum atomic E-state index is -2.34. The summed E-state index contributed by atoms with van der Waals surface area (Å²) >= 11 is 0. The summed E-state index contributed by atoms with van der Waals surface area (Å²) in [6.07, 6.45) is -3.97. The second kappa shape index (κ2) is 7.31. The number of fused-ring (bicyclic) bond motifs is 2. The average Bonchev–Trinajstić information content (AvgIpc) is 3.66. The first-order valence-electron chi connectivity index (χ1n) is 10.7. The van der Waals surface area contributed by atoms with E-state index in [0.29, 0.717) is 11.1 Å². The summed E-state index contributed by atoms with van der Waals surface area (Å²) in [5, 5.41) is 44.2. The van der Waals surface area contributed by atoms with Gasteiger partial charge in [-0.25, -0.2) is 0 Å².